The van der Waals surface area contributed by atoms with Crippen LogP contribution in [0.4, 0.5) is 5.69 Å². The lowest BCUT2D eigenvalue weighted by molar-refractivity contribution is -0.146. The summed E-state index contributed by atoms with van der Waals surface area (Å²) in [7, 11) is 1.64. The minimum absolute atomic E-state index is 0.426. The molecule has 1 aliphatic heterocycles. The highest BCUT2D eigenvalue weighted by molar-refractivity contribution is 6.35. The number of anilines is 1. The molecule has 0 aliphatic carbocycles. The molecule has 1 aromatic rings. The summed E-state index contributed by atoms with van der Waals surface area (Å²) in [6, 6.07) is 7.79. The van der Waals surface area contributed by atoms with E-state index in [2.05, 4.69) is 10.2 Å². The van der Waals surface area contributed by atoms with Gasteiger partial charge in [-0.15, -0.1) is 11.6 Å². The van der Waals surface area contributed by atoms with Crippen LogP contribution in [0.15, 0.2) is 24.3 Å². The van der Waals surface area contributed by atoms with E-state index >= 15 is 0 Å². The van der Waals surface area contributed by atoms with Gasteiger partial charge in [-0.3, -0.25) is 9.59 Å². The lowest BCUT2D eigenvalue weighted by Crippen LogP contribution is -2.52. The Bertz CT molecular complexity index is 545. The van der Waals surface area contributed by atoms with Crippen LogP contribution in [0.5, 0.6) is 5.75 Å². The number of hydrogen-bond acceptors (Lipinski definition) is 4. The van der Waals surface area contributed by atoms with E-state index in [0.29, 0.717) is 45.0 Å². The topological polar surface area (TPSA) is 61.9 Å². The molecule has 0 unspecified atom stereocenters. The van der Waals surface area contributed by atoms with Crippen molar-refractivity contribution in [2.45, 2.75) is 6.42 Å². The van der Waals surface area contributed by atoms with Crippen LogP contribution < -0.4 is 15.0 Å². The van der Waals surface area contributed by atoms with Gasteiger partial charge in [0.15, 0.2) is 0 Å². The maximum atomic E-state index is 12.1. The highest BCUT2D eigenvalue weighted by atomic mass is 35.5. The second-order valence-corrected chi connectivity index (χ2v) is 5.63. The fraction of sp³-hybridized carbons (Fsp3) is 0.500. The van der Waals surface area contributed by atoms with Crippen molar-refractivity contribution in [3.8, 4) is 5.75 Å². The van der Waals surface area contributed by atoms with Crippen molar-refractivity contribution in [3.05, 3.63) is 24.3 Å². The number of benzene rings is 1. The first-order valence-corrected chi connectivity index (χ1v) is 8.22. The highest BCUT2D eigenvalue weighted by Gasteiger charge is 2.26. The normalized spacial score (nSPS) is 14.5. The molecule has 0 bridgehead atoms. The molecule has 0 aromatic heterocycles. The minimum atomic E-state index is -0.555. The van der Waals surface area contributed by atoms with E-state index < -0.39 is 11.8 Å². The van der Waals surface area contributed by atoms with Crippen LogP contribution in [-0.4, -0.2) is 62.4 Å². The average Bonchev–Trinajstić information content (AvgIpc) is 2.61. The molecule has 2 rings (SSSR count). The molecule has 126 valence electrons. The zero-order valence-electron chi connectivity index (χ0n) is 13.3. The number of para-hydroxylation sites is 2. The molecule has 1 N–H and O–H groups in total. The first-order chi connectivity index (χ1) is 11.2. The number of rotatable bonds is 5. The van der Waals surface area contributed by atoms with Gasteiger partial charge in [0.05, 0.1) is 12.8 Å². The third-order valence-electron chi connectivity index (χ3n) is 3.78. The van der Waals surface area contributed by atoms with Crippen LogP contribution in [0, 0.1) is 0 Å². The van der Waals surface area contributed by atoms with Crippen LogP contribution in [-0.2, 0) is 9.59 Å². The van der Waals surface area contributed by atoms with Crippen LogP contribution >= 0.6 is 11.6 Å². The summed E-state index contributed by atoms with van der Waals surface area (Å²) in [5, 5.41) is 2.59. The Morgan fingerprint density at radius 2 is 1.91 bits per heavy atom. The summed E-state index contributed by atoms with van der Waals surface area (Å²) in [6.07, 6.45) is 0.655. The molecule has 0 radical (unpaired) electrons. The van der Waals surface area contributed by atoms with Gasteiger partial charge in [-0.05, 0) is 18.6 Å². The van der Waals surface area contributed by atoms with Gasteiger partial charge in [0.1, 0.15) is 5.75 Å². The lowest BCUT2D eigenvalue weighted by atomic mass is 10.2. The minimum Gasteiger partial charge on any atom is -0.495 e. The largest absolute Gasteiger partial charge is 0.495 e. The fourth-order valence-corrected chi connectivity index (χ4v) is 2.66. The number of amides is 2. The van der Waals surface area contributed by atoms with Crippen LogP contribution in [0.1, 0.15) is 6.42 Å². The maximum absolute atomic E-state index is 12.1. The first kappa shape index (κ1) is 17.4. The van der Waals surface area contributed by atoms with Crippen LogP contribution in [0.25, 0.3) is 0 Å². The van der Waals surface area contributed by atoms with Gasteiger partial charge < -0.3 is 19.9 Å². The number of halogens is 1. The maximum Gasteiger partial charge on any atom is 0.312 e. The van der Waals surface area contributed by atoms with Crippen molar-refractivity contribution in [1.82, 2.24) is 10.2 Å². The van der Waals surface area contributed by atoms with Crippen molar-refractivity contribution in [2.75, 3.05) is 50.6 Å². The van der Waals surface area contributed by atoms with E-state index in [-0.39, 0.29) is 0 Å². The molecule has 1 fully saturated rings. The Balaban J connectivity index is 1.88. The number of hydrogen-bond donors (Lipinski definition) is 1. The molecule has 0 spiro atoms. The van der Waals surface area contributed by atoms with E-state index in [9.17, 15) is 9.59 Å². The van der Waals surface area contributed by atoms with Crippen molar-refractivity contribution >= 4 is 29.1 Å². The number of ether oxygens (including phenoxy) is 1. The summed E-state index contributed by atoms with van der Waals surface area (Å²) in [6.45, 7) is 2.79. The van der Waals surface area contributed by atoms with Crippen molar-refractivity contribution in [1.29, 1.82) is 0 Å². The summed E-state index contributed by atoms with van der Waals surface area (Å²) in [4.78, 5) is 27.6. The number of nitrogens with zero attached hydrogens (tertiary/aromatic N) is 2. The molecule has 0 saturated carbocycles. The summed E-state index contributed by atoms with van der Waals surface area (Å²) in [5.41, 5.74) is 1.01. The molecule has 1 heterocycles. The monoisotopic (exact) mass is 339 g/mol. The van der Waals surface area contributed by atoms with Crippen molar-refractivity contribution in [2.24, 2.45) is 0 Å². The molecular formula is C16H22ClN3O3. The number of nitrogens with one attached hydrogen (secondary N) is 1. The molecule has 1 aromatic carbocycles. The van der Waals surface area contributed by atoms with Crippen LogP contribution in [0.3, 0.4) is 0 Å². The SMILES string of the molecule is COc1ccccc1N1CCN(C(=O)C(=O)NCCCCl)CC1. The Hall–Kier alpha value is -1.95. The smallest absolute Gasteiger partial charge is 0.312 e. The number of alkyl halides is 1. The Morgan fingerprint density at radius 1 is 1.22 bits per heavy atom. The number of carbonyl (C=O) groups is 2. The zero-order chi connectivity index (χ0) is 16.7. The quantitative estimate of drug-likeness (QED) is 0.495. The summed E-state index contributed by atoms with van der Waals surface area (Å²) >= 11 is 5.55. The fourth-order valence-electron chi connectivity index (χ4n) is 2.53. The number of methoxy groups -OCH3 is 1. The molecule has 1 aliphatic rings. The van der Waals surface area contributed by atoms with Gasteiger partial charge in [-0.2, -0.15) is 0 Å². The molecule has 0 atom stereocenters. The first-order valence-electron chi connectivity index (χ1n) is 7.68. The third-order valence-corrected chi connectivity index (χ3v) is 4.05. The predicted molar refractivity (Wildman–Crippen MR) is 90.1 cm³/mol. The van der Waals surface area contributed by atoms with Gasteiger partial charge in [0, 0.05) is 38.6 Å². The molecule has 2 amide bonds. The highest BCUT2D eigenvalue weighted by Crippen LogP contribution is 2.28. The molecule has 1 saturated heterocycles. The van der Waals surface area contributed by atoms with Gasteiger partial charge in [0.25, 0.3) is 0 Å². The van der Waals surface area contributed by atoms with Crippen molar-refractivity contribution in [3.63, 3.8) is 0 Å². The number of carbonyl (C=O) groups excluding carboxylic acids is 2. The van der Waals surface area contributed by atoms with Gasteiger partial charge in [0.2, 0.25) is 0 Å². The third kappa shape index (κ3) is 4.51. The molecule has 7 heteroatoms. The second-order valence-electron chi connectivity index (χ2n) is 5.25. The summed E-state index contributed by atoms with van der Waals surface area (Å²) in [5.74, 6) is 0.248. The lowest BCUT2D eigenvalue weighted by Gasteiger charge is -2.36. The molecular weight excluding hydrogens is 318 g/mol. The van der Waals surface area contributed by atoms with E-state index in [1.54, 1.807) is 12.0 Å². The predicted octanol–water partition coefficient (Wildman–Crippen LogP) is 1.09. The van der Waals surface area contributed by atoms with E-state index in [1.807, 2.05) is 24.3 Å². The van der Waals surface area contributed by atoms with E-state index in [1.165, 1.54) is 0 Å². The Labute approximate surface area is 141 Å². The average molecular weight is 340 g/mol. The standard InChI is InChI=1S/C16H22ClN3O3/c1-23-14-6-3-2-5-13(14)19-9-11-20(12-10-19)16(22)15(21)18-8-4-7-17/h2-3,5-6H,4,7-12H2,1H3,(H,18,21). The zero-order valence-corrected chi connectivity index (χ0v) is 14.0. The summed E-state index contributed by atoms with van der Waals surface area (Å²) < 4.78 is 5.37. The molecule has 23 heavy (non-hydrogen) atoms. The van der Waals surface area contributed by atoms with Crippen LogP contribution in [0.2, 0.25) is 0 Å². The van der Waals surface area contributed by atoms with Gasteiger partial charge in [-0.25, -0.2) is 0 Å². The number of piperazine rings is 1. The van der Waals surface area contributed by atoms with E-state index in [0.717, 1.165) is 11.4 Å². The second kappa shape index (κ2) is 8.62. The van der Waals surface area contributed by atoms with Gasteiger partial charge in [-0.1, -0.05) is 12.1 Å². The van der Waals surface area contributed by atoms with Crippen molar-refractivity contribution < 1.29 is 14.3 Å². The van der Waals surface area contributed by atoms with E-state index in [4.69, 9.17) is 16.3 Å². The Kier molecular flexibility index (Phi) is 6.52. The van der Waals surface area contributed by atoms with Gasteiger partial charge >= 0.3 is 11.8 Å². The Morgan fingerprint density at radius 3 is 2.57 bits per heavy atom. The molecule has 6 nitrogen and oxygen atoms in total.